The number of hydrogen-bond acceptors (Lipinski definition) is 3. The van der Waals surface area contributed by atoms with Gasteiger partial charge in [-0.1, -0.05) is 34.6 Å². The Kier molecular flexibility index (Phi) is 5.42. The zero-order chi connectivity index (χ0) is 16.7. The summed E-state index contributed by atoms with van der Waals surface area (Å²) >= 11 is 0. The van der Waals surface area contributed by atoms with Crippen molar-refractivity contribution in [1.29, 1.82) is 0 Å². The van der Waals surface area contributed by atoms with Crippen molar-refractivity contribution in [2.75, 3.05) is 6.61 Å². The van der Waals surface area contributed by atoms with Gasteiger partial charge in [0, 0.05) is 6.61 Å². The minimum Gasteiger partial charge on any atom is -0.413 e. The summed E-state index contributed by atoms with van der Waals surface area (Å²) in [7, 11) is -1.82. The maximum atomic E-state index is 10.7. The normalized spacial score (nSPS) is 34.0. The van der Waals surface area contributed by atoms with Gasteiger partial charge in [0.2, 0.25) is 0 Å². The Balaban J connectivity index is 3.00. The van der Waals surface area contributed by atoms with Gasteiger partial charge in [0.1, 0.15) is 0 Å². The molecule has 1 aliphatic carbocycles. The zero-order valence-electron chi connectivity index (χ0n) is 15.3. The first-order valence-corrected chi connectivity index (χ1v) is 11.2. The number of rotatable bonds is 4. The van der Waals surface area contributed by atoms with Crippen molar-refractivity contribution < 1.29 is 14.6 Å². The van der Waals surface area contributed by atoms with E-state index in [0.717, 1.165) is 12.8 Å². The molecule has 3 nitrogen and oxygen atoms in total. The fourth-order valence-corrected chi connectivity index (χ4v) is 5.04. The molecule has 0 saturated heterocycles. The third kappa shape index (κ3) is 3.90. The maximum absolute atomic E-state index is 10.7. The molecule has 0 heterocycles. The molecule has 2 N–H and O–H groups in total. The summed E-state index contributed by atoms with van der Waals surface area (Å²) in [5, 5.41) is 20.3. The average Bonchev–Trinajstić information content (AvgIpc) is 2.27. The summed E-state index contributed by atoms with van der Waals surface area (Å²) in [4.78, 5) is 0. The molecule has 21 heavy (non-hydrogen) atoms. The molecule has 0 aliphatic heterocycles. The molecule has 3 atom stereocenters. The third-order valence-corrected chi connectivity index (χ3v) is 10.5. The van der Waals surface area contributed by atoms with E-state index in [1.165, 1.54) is 0 Å². The van der Waals surface area contributed by atoms with Gasteiger partial charge in [0.05, 0.1) is 11.7 Å². The highest BCUT2D eigenvalue weighted by Crippen LogP contribution is 2.51. The fraction of sp³-hybridized carbons (Fsp3) is 1.00. The smallest absolute Gasteiger partial charge is 0.192 e. The Labute approximate surface area is 132 Å². The lowest BCUT2D eigenvalue weighted by Crippen LogP contribution is -2.57. The molecule has 0 spiro atoms. The van der Waals surface area contributed by atoms with Crippen molar-refractivity contribution in [3.05, 3.63) is 0 Å². The van der Waals surface area contributed by atoms with Gasteiger partial charge in [0.25, 0.3) is 0 Å². The molecule has 1 saturated carbocycles. The Hall–Kier alpha value is 0.0969. The second kappa shape index (κ2) is 5.95. The van der Waals surface area contributed by atoms with E-state index in [-0.39, 0.29) is 29.1 Å². The molecule has 0 radical (unpaired) electrons. The van der Waals surface area contributed by atoms with E-state index < -0.39 is 13.9 Å². The van der Waals surface area contributed by atoms with E-state index >= 15 is 0 Å². The van der Waals surface area contributed by atoms with Crippen molar-refractivity contribution in [2.24, 2.45) is 11.3 Å². The second-order valence-electron chi connectivity index (χ2n) is 9.15. The van der Waals surface area contributed by atoms with Crippen LogP contribution in [0.5, 0.6) is 0 Å². The average molecular weight is 317 g/mol. The van der Waals surface area contributed by atoms with E-state index in [2.05, 4.69) is 47.7 Å². The van der Waals surface area contributed by atoms with Gasteiger partial charge < -0.3 is 14.6 Å². The topological polar surface area (TPSA) is 49.7 Å². The number of aliphatic hydroxyl groups excluding tert-OH is 1. The summed E-state index contributed by atoms with van der Waals surface area (Å²) in [5.41, 5.74) is -0.834. The van der Waals surface area contributed by atoms with E-state index in [4.69, 9.17) is 4.43 Å². The molecule has 0 aromatic rings. The predicted molar refractivity (Wildman–Crippen MR) is 90.9 cm³/mol. The molecule has 1 fully saturated rings. The van der Waals surface area contributed by atoms with Gasteiger partial charge in [-0.25, -0.2) is 0 Å². The highest BCUT2D eigenvalue weighted by molar-refractivity contribution is 6.74. The number of aliphatic hydroxyl groups is 2. The summed E-state index contributed by atoms with van der Waals surface area (Å²) in [6.07, 6.45) is 2.45. The van der Waals surface area contributed by atoms with Crippen LogP contribution in [0.1, 0.15) is 60.8 Å². The summed E-state index contributed by atoms with van der Waals surface area (Å²) in [6, 6.07) is 0. The Morgan fingerprint density at radius 2 is 1.71 bits per heavy atom. The Morgan fingerprint density at radius 3 is 2.14 bits per heavy atom. The second-order valence-corrected chi connectivity index (χ2v) is 13.9. The van der Waals surface area contributed by atoms with Gasteiger partial charge in [-0.15, -0.1) is 0 Å². The van der Waals surface area contributed by atoms with Crippen LogP contribution in [0.3, 0.4) is 0 Å². The summed E-state index contributed by atoms with van der Waals surface area (Å²) in [6.45, 7) is 17.8. The van der Waals surface area contributed by atoms with Crippen molar-refractivity contribution >= 4 is 8.32 Å². The minimum atomic E-state index is -1.82. The standard InChI is InChI=1S/C17H36O3Si/c1-15(2,3)21(7,8)20-14-9-11-17(6,19)13(10-12-18)16(14,4)5/h13-14,18-19H,9-12H2,1-8H3/t13-,14-,17-/m0/s1. The quantitative estimate of drug-likeness (QED) is 0.772. The van der Waals surface area contributed by atoms with E-state index in [1.807, 2.05) is 6.92 Å². The highest BCUT2D eigenvalue weighted by atomic mass is 28.4. The van der Waals surface area contributed by atoms with E-state index in [0.29, 0.717) is 6.42 Å². The molecule has 0 unspecified atom stereocenters. The van der Waals surface area contributed by atoms with Crippen molar-refractivity contribution in [3.63, 3.8) is 0 Å². The molecule has 0 aromatic carbocycles. The van der Waals surface area contributed by atoms with Crippen LogP contribution in [0.2, 0.25) is 18.1 Å². The largest absolute Gasteiger partial charge is 0.413 e. The zero-order valence-corrected chi connectivity index (χ0v) is 16.3. The van der Waals surface area contributed by atoms with Gasteiger partial charge in [-0.05, 0) is 55.7 Å². The first-order valence-electron chi connectivity index (χ1n) is 8.27. The fourth-order valence-electron chi connectivity index (χ4n) is 3.55. The van der Waals surface area contributed by atoms with Gasteiger partial charge in [0.15, 0.2) is 8.32 Å². The van der Waals surface area contributed by atoms with E-state index in [1.54, 1.807) is 0 Å². The molecule has 0 bridgehead atoms. The highest BCUT2D eigenvalue weighted by Gasteiger charge is 2.53. The maximum Gasteiger partial charge on any atom is 0.192 e. The SMILES string of the molecule is CC1(C)[C@@H](O[Si](C)(C)C(C)(C)C)CC[C@](C)(O)[C@H]1CCO. The van der Waals surface area contributed by atoms with E-state index in [9.17, 15) is 10.2 Å². The molecule has 1 aliphatic rings. The molecule has 0 amide bonds. The third-order valence-electron chi connectivity index (χ3n) is 6.05. The van der Waals surface area contributed by atoms with Crippen LogP contribution in [0, 0.1) is 11.3 Å². The monoisotopic (exact) mass is 316 g/mol. The van der Waals surface area contributed by atoms with Crippen LogP contribution in [-0.2, 0) is 4.43 Å². The lowest BCUT2D eigenvalue weighted by atomic mass is 9.59. The Bertz CT molecular complexity index is 356. The molecular formula is C17H36O3Si. The summed E-state index contributed by atoms with van der Waals surface area (Å²) in [5.74, 6) is 0.0681. The van der Waals surface area contributed by atoms with Gasteiger partial charge in [-0.3, -0.25) is 0 Å². The van der Waals surface area contributed by atoms with Crippen LogP contribution in [0.4, 0.5) is 0 Å². The lowest BCUT2D eigenvalue weighted by molar-refractivity contribution is -0.143. The van der Waals surface area contributed by atoms with Crippen LogP contribution >= 0.6 is 0 Å². The first kappa shape index (κ1) is 19.1. The van der Waals surface area contributed by atoms with Gasteiger partial charge in [-0.2, -0.15) is 0 Å². The predicted octanol–water partition coefficient (Wildman–Crippen LogP) is 3.95. The molecule has 4 heteroatoms. The molecule has 0 aromatic heterocycles. The van der Waals surface area contributed by atoms with Crippen LogP contribution < -0.4 is 0 Å². The number of hydrogen-bond donors (Lipinski definition) is 2. The first-order chi connectivity index (χ1) is 9.25. The molecular weight excluding hydrogens is 280 g/mol. The van der Waals surface area contributed by atoms with Crippen LogP contribution in [0.25, 0.3) is 0 Å². The lowest BCUT2D eigenvalue weighted by Gasteiger charge is -2.54. The Morgan fingerprint density at radius 1 is 1.19 bits per heavy atom. The van der Waals surface area contributed by atoms with Gasteiger partial charge >= 0.3 is 0 Å². The van der Waals surface area contributed by atoms with Crippen LogP contribution in [-0.4, -0.2) is 36.8 Å². The van der Waals surface area contributed by atoms with Crippen molar-refractivity contribution in [3.8, 4) is 0 Å². The van der Waals surface area contributed by atoms with Crippen molar-refractivity contribution in [2.45, 2.75) is 90.6 Å². The van der Waals surface area contributed by atoms with Crippen molar-refractivity contribution in [1.82, 2.24) is 0 Å². The minimum absolute atomic E-state index is 0.0681. The molecule has 1 rings (SSSR count). The summed E-state index contributed by atoms with van der Waals surface area (Å²) < 4.78 is 6.67. The molecule has 126 valence electrons. The van der Waals surface area contributed by atoms with Crippen LogP contribution in [0.15, 0.2) is 0 Å².